The Balaban J connectivity index is 1.14. The standard InChI is InChI=1S/C48H31NS/c1-2-11-32(12-3-1)35-14-10-15-37(29-35)49(38-26-28-44-43-19-8-9-20-47(43)50-48(44)30-38)36-24-21-34(22-25-36)45-31-46-39-16-5-4-13-33(39)23-27-42(46)40-17-6-7-18-41(40)45/h1-31H. The van der Waals surface area contributed by atoms with E-state index in [1.807, 2.05) is 11.3 Å². The minimum Gasteiger partial charge on any atom is -0.310 e. The molecule has 0 bridgehead atoms. The van der Waals surface area contributed by atoms with Gasteiger partial charge in [0.05, 0.1) is 0 Å². The summed E-state index contributed by atoms with van der Waals surface area (Å²) < 4.78 is 2.61. The van der Waals surface area contributed by atoms with E-state index in [-0.39, 0.29) is 0 Å². The fraction of sp³-hybridized carbons (Fsp3) is 0. The summed E-state index contributed by atoms with van der Waals surface area (Å²) in [5.74, 6) is 0. The van der Waals surface area contributed by atoms with E-state index in [4.69, 9.17) is 0 Å². The molecule has 0 radical (unpaired) electrons. The third-order valence-corrected chi connectivity index (χ3v) is 11.2. The molecule has 10 aromatic rings. The van der Waals surface area contributed by atoms with Crippen molar-refractivity contribution in [1.82, 2.24) is 0 Å². The molecular formula is C48H31NS. The topological polar surface area (TPSA) is 3.24 Å². The zero-order chi connectivity index (χ0) is 33.0. The molecule has 0 fully saturated rings. The Morgan fingerprint density at radius 3 is 1.78 bits per heavy atom. The van der Waals surface area contributed by atoms with Crippen molar-refractivity contribution in [3.63, 3.8) is 0 Å². The molecule has 1 heterocycles. The van der Waals surface area contributed by atoms with Crippen LogP contribution >= 0.6 is 11.3 Å². The van der Waals surface area contributed by atoms with E-state index in [0.717, 1.165) is 17.1 Å². The van der Waals surface area contributed by atoms with Gasteiger partial charge in [-0.25, -0.2) is 0 Å². The number of fused-ring (bicyclic) bond motifs is 8. The Morgan fingerprint density at radius 1 is 0.300 bits per heavy atom. The third kappa shape index (κ3) is 4.76. The van der Waals surface area contributed by atoms with E-state index in [1.165, 1.54) is 74.7 Å². The first-order chi connectivity index (χ1) is 24.8. The normalized spacial score (nSPS) is 11.6. The predicted octanol–water partition coefficient (Wildman–Crippen LogP) is 14.3. The van der Waals surface area contributed by atoms with Crippen LogP contribution in [0.5, 0.6) is 0 Å². The number of hydrogen-bond donors (Lipinski definition) is 0. The van der Waals surface area contributed by atoms with Crippen molar-refractivity contribution < 1.29 is 0 Å². The van der Waals surface area contributed by atoms with Crippen molar-refractivity contribution in [2.45, 2.75) is 0 Å². The largest absolute Gasteiger partial charge is 0.310 e. The zero-order valence-corrected chi connectivity index (χ0v) is 28.1. The van der Waals surface area contributed by atoms with Gasteiger partial charge in [0.25, 0.3) is 0 Å². The quantitative estimate of drug-likeness (QED) is 0.167. The van der Waals surface area contributed by atoms with Gasteiger partial charge < -0.3 is 4.90 Å². The highest BCUT2D eigenvalue weighted by Crippen LogP contribution is 2.43. The molecule has 0 aliphatic rings. The summed E-state index contributed by atoms with van der Waals surface area (Å²) in [5.41, 5.74) is 8.25. The van der Waals surface area contributed by atoms with Crippen LogP contribution in [0.15, 0.2) is 188 Å². The molecule has 10 rings (SSSR count). The van der Waals surface area contributed by atoms with Crippen LogP contribution in [0.2, 0.25) is 0 Å². The summed E-state index contributed by atoms with van der Waals surface area (Å²) in [5, 5.41) is 10.3. The highest BCUT2D eigenvalue weighted by atomic mass is 32.1. The SMILES string of the molecule is c1ccc(-c2cccc(N(c3ccc(-c4cc5c6ccccc6ccc5c5ccccc45)cc3)c3ccc4c(c3)sc3ccccc34)c2)cc1. The first-order valence-electron chi connectivity index (χ1n) is 17.1. The Morgan fingerprint density at radius 2 is 0.920 bits per heavy atom. The van der Waals surface area contributed by atoms with Crippen LogP contribution in [0.3, 0.4) is 0 Å². The molecule has 0 unspecified atom stereocenters. The van der Waals surface area contributed by atoms with Gasteiger partial charge in [-0.1, -0.05) is 140 Å². The Labute approximate surface area is 294 Å². The molecule has 0 aliphatic carbocycles. The van der Waals surface area contributed by atoms with Crippen molar-refractivity contribution in [1.29, 1.82) is 0 Å². The lowest BCUT2D eigenvalue weighted by Gasteiger charge is -2.26. The smallest absolute Gasteiger partial charge is 0.0476 e. The van der Waals surface area contributed by atoms with E-state index in [9.17, 15) is 0 Å². The molecule has 1 aromatic heterocycles. The number of nitrogens with zero attached hydrogens (tertiary/aromatic N) is 1. The molecule has 0 spiro atoms. The van der Waals surface area contributed by atoms with E-state index >= 15 is 0 Å². The van der Waals surface area contributed by atoms with E-state index in [2.05, 4.69) is 193 Å². The molecule has 1 nitrogen and oxygen atoms in total. The fourth-order valence-electron chi connectivity index (χ4n) is 7.65. The monoisotopic (exact) mass is 653 g/mol. The average Bonchev–Trinajstić information content (AvgIpc) is 3.56. The van der Waals surface area contributed by atoms with Crippen molar-refractivity contribution in [2.75, 3.05) is 4.90 Å². The van der Waals surface area contributed by atoms with Crippen LogP contribution in [-0.2, 0) is 0 Å². The van der Waals surface area contributed by atoms with Gasteiger partial charge >= 0.3 is 0 Å². The maximum absolute atomic E-state index is 2.39. The molecule has 2 heteroatoms. The Bertz CT molecular complexity index is 2870. The van der Waals surface area contributed by atoms with Crippen LogP contribution in [0.1, 0.15) is 0 Å². The van der Waals surface area contributed by atoms with Crippen LogP contribution in [0.25, 0.3) is 74.7 Å². The number of thiophene rings is 1. The van der Waals surface area contributed by atoms with Gasteiger partial charge in [0.15, 0.2) is 0 Å². The molecule has 0 N–H and O–H groups in total. The summed E-state index contributed by atoms with van der Waals surface area (Å²) in [6.07, 6.45) is 0. The summed E-state index contributed by atoms with van der Waals surface area (Å²) in [6.45, 7) is 0. The first-order valence-corrected chi connectivity index (χ1v) is 17.9. The van der Waals surface area contributed by atoms with Crippen LogP contribution < -0.4 is 4.90 Å². The van der Waals surface area contributed by atoms with E-state index < -0.39 is 0 Å². The average molecular weight is 654 g/mol. The number of rotatable bonds is 5. The summed E-state index contributed by atoms with van der Waals surface area (Å²) in [7, 11) is 0. The first kappa shape index (κ1) is 28.8. The second-order valence-corrected chi connectivity index (χ2v) is 14.0. The Hall–Kier alpha value is -6.22. The van der Waals surface area contributed by atoms with Gasteiger partial charge in [-0.2, -0.15) is 0 Å². The molecule has 234 valence electrons. The summed E-state index contributed by atoms with van der Waals surface area (Å²) in [4.78, 5) is 2.39. The Kier molecular flexibility index (Phi) is 6.75. The van der Waals surface area contributed by atoms with Gasteiger partial charge in [0, 0.05) is 37.2 Å². The number of benzene rings is 9. The maximum atomic E-state index is 2.39. The van der Waals surface area contributed by atoms with Crippen molar-refractivity contribution in [3.05, 3.63) is 188 Å². The number of anilines is 3. The lowest BCUT2D eigenvalue weighted by molar-refractivity contribution is 1.29. The van der Waals surface area contributed by atoms with Gasteiger partial charge in [-0.05, 0) is 103 Å². The van der Waals surface area contributed by atoms with Crippen molar-refractivity contribution in [2.24, 2.45) is 0 Å². The maximum Gasteiger partial charge on any atom is 0.0476 e. The van der Waals surface area contributed by atoms with Crippen molar-refractivity contribution in [3.8, 4) is 22.3 Å². The van der Waals surface area contributed by atoms with Crippen molar-refractivity contribution >= 4 is 80.9 Å². The molecule has 0 aliphatic heterocycles. The summed E-state index contributed by atoms with van der Waals surface area (Å²) in [6, 6.07) is 68.7. The van der Waals surface area contributed by atoms with E-state index in [1.54, 1.807) is 0 Å². The van der Waals surface area contributed by atoms with E-state index in [0.29, 0.717) is 0 Å². The second kappa shape index (κ2) is 11.7. The molecule has 0 atom stereocenters. The molecule has 9 aromatic carbocycles. The molecule has 0 saturated heterocycles. The molecule has 50 heavy (non-hydrogen) atoms. The lowest BCUT2D eigenvalue weighted by Crippen LogP contribution is -2.10. The van der Waals surface area contributed by atoms with Gasteiger partial charge in [0.1, 0.15) is 0 Å². The van der Waals surface area contributed by atoms with Crippen LogP contribution in [0.4, 0.5) is 17.1 Å². The third-order valence-electron chi connectivity index (χ3n) is 10.0. The van der Waals surface area contributed by atoms with Crippen LogP contribution in [-0.4, -0.2) is 0 Å². The molecular weight excluding hydrogens is 623 g/mol. The number of hydrogen-bond acceptors (Lipinski definition) is 2. The van der Waals surface area contributed by atoms with Gasteiger partial charge in [0.2, 0.25) is 0 Å². The van der Waals surface area contributed by atoms with Crippen LogP contribution in [0, 0.1) is 0 Å². The summed E-state index contributed by atoms with van der Waals surface area (Å²) >= 11 is 1.86. The second-order valence-electron chi connectivity index (χ2n) is 12.9. The van der Waals surface area contributed by atoms with Gasteiger partial charge in [-0.15, -0.1) is 11.3 Å². The predicted molar refractivity (Wildman–Crippen MR) is 217 cm³/mol. The highest BCUT2D eigenvalue weighted by Gasteiger charge is 2.17. The minimum absolute atomic E-state index is 1.12. The lowest BCUT2D eigenvalue weighted by atomic mass is 9.91. The highest BCUT2D eigenvalue weighted by molar-refractivity contribution is 7.25. The minimum atomic E-state index is 1.12. The molecule has 0 amide bonds. The zero-order valence-electron chi connectivity index (χ0n) is 27.3. The van der Waals surface area contributed by atoms with Gasteiger partial charge in [-0.3, -0.25) is 0 Å². The molecule has 0 saturated carbocycles. The fourth-order valence-corrected chi connectivity index (χ4v) is 8.78.